The molecule has 7 heteroatoms. The number of nitriles is 1. The van der Waals surface area contributed by atoms with Crippen LogP contribution in [-0.4, -0.2) is 17.5 Å². The molecular formula is C29H23ClN2O3S. The number of esters is 1. The van der Waals surface area contributed by atoms with Crippen LogP contribution >= 0.6 is 23.4 Å². The standard InChI is InChI=1S/C29H23ClN2O3S/c1-19-26(29(34)35-17-20-10-4-2-5-11-20)27(22-14-8-9-15-24(22)30)23(16-31)28(32-19)36-18-25(33)21-12-6-3-7-13-21/h2-15,27,32H,17-18H2,1H3. The predicted molar refractivity (Wildman–Crippen MR) is 142 cm³/mol. The largest absolute Gasteiger partial charge is 0.457 e. The number of dihydropyridines is 1. The Balaban J connectivity index is 1.66. The molecule has 1 atom stereocenters. The van der Waals surface area contributed by atoms with Gasteiger partial charge in [-0.2, -0.15) is 5.26 Å². The molecule has 0 saturated carbocycles. The summed E-state index contributed by atoms with van der Waals surface area (Å²) >= 11 is 7.77. The second kappa shape index (κ2) is 11.8. The van der Waals surface area contributed by atoms with Crippen LogP contribution in [-0.2, 0) is 16.1 Å². The van der Waals surface area contributed by atoms with Crippen molar-refractivity contribution in [2.45, 2.75) is 19.4 Å². The van der Waals surface area contributed by atoms with E-state index in [1.54, 1.807) is 37.3 Å². The van der Waals surface area contributed by atoms with Gasteiger partial charge in [0.05, 0.1) is 33.9 Å². The number of Topliss-reactive ketones (excluding diaryl/α,β-unsaturated/α-hetero) is 1. The number of carbonyl (C=O) groups is 2. The smallest absolute Gasteiger partial charge is 0.337 e. The number of ether oxygens (including phenoxy) is 1. The van der Waals surface area contributed by atoms with E-state index in [-0.39, 0.29) is 18.1 Å². The first kappa shape index (κ1) is 25.3. The zero-order valence-corrected chi connectivity index (χ0v) is 21.1. The Hall–Kier alpha value is -3.79. The van der Waals surface area contributed by atoms with Crippen molar-refractivity contribution in [3.8, 4) is 6.07 Å². The third-order valence-corrected chi connectivity index (χ3v) is 7.10. The van der Waals surface area contributed by atoms with Crippen LogP contribution in [0.4, 0.5) is 0 Å². The van der Waals surface area contributed by atoms with Crippen LogP contribution in [0.5, 0.6) is 0 Å². The number of thioether (sulfide) groups is 1. The van der Waals surface area contributed by atoms with Gasteiger partial charge in [-0.3, -0.25) is 4.79 Å². The molecule has 0 saturated heterocycles. The zero-order valence-electron chi connectivity index (χ0n) is 19.5. The van der Waals surface area contributed by atoms with Crippen molar-refractivity contribution < 1.29 is 14.3 Å². The van der Waals surface area contributed by atoms with Crippen LogP contribution in [0.3, 0.4) is 0 Å². The van der Waals surface area contributed by atoms with Crippen LogP contribution in [0, 0.1) is 11.3 Å². The van der Waals surface area contributed by atoms with Gasteiger partial charge in [-0.25, -0.2) is 4.79 Å². The molecule has 0 radical (unpaired) electrons. The number of nitrogens with one attached hydrogen (secondary N) is 1. The summed E-state index contributed by atoms with van der Waals surface area (Å²) in [4.78, 5) is 26.0. The molecule has 0 bridgehead atoms. The highest BCUT2D eigenvalue weighted by atomic mass is 35.5. The summed E-state index contributed by atoms with van der Waals surface area (Å²) < 4.78 is 5.64. The van der Waals surface area contributed by atoms with E-state index in [2.05, 4.69) is 11.4 Å². The maximum atomic E-state index is 13.3. The molecule has 0 aromatic heterocycles. The molecule has 180 valence electrons. The SMILES string of the molecule is CC1=C(C(=O)OCc2ccccc2)C(c2ccccc2Cl)C(C#N)=C(SCC(=O)c2ccccc2)N1. The lowest BCUT2D eigenvalue weighted by Crippen LogP contribution is -2.29. The third kappa shape index (κ3) is 5.71. The van der Waals surface area contributed by atoms with Gasteiger partial charge in [0.25, 0.3) is 0 Å². The van der Waals surface area contributed by atoms with Crippen LogP contribution in [0.1, 0.15) is 34.3 Å². The molecule has 1 unspecified atom stereocenters. The number of ketones is 1. The van der Waals surface area contributed by atoms with E-state index < -0.39 is 11.9 Å². The van der Waals surface area contributed by atoms with Crippen LogP contribution in [0.25, 0.3) is 0 Å². The van der Waals surface area contributed by atoms with Gasteiger partial charge in [-0.05, 0) is 24.1 Å². The number of hydrogen-bond donors (Lipinski definition) is 1. The second-order valence-corrected chi connectivity index (χ2v) is 9.51. The van der Waals surface area contributed by atoms with E-state index in [1.807, 2.05) is 54.6 Å². The van der Waals surface area contributed by atoms with Crippen molar-refractivity contribution in [1.29, 1.82) is 5.26 Å². The Labute approximate surface area is 219 Å². The number of carbonyl (C=O) groups excluding carboxylic acids is 2. The normalized spacial score (nSPS) is 15.2. The first-order valence-electron chi connectivity index (χ1n) is 11.3. The van der Waals surface area contributed by atoms with Gasteiger partial charge in [0.15, 0.2) is 5.78 Å². The van der Waals surface area contributed by atoms with Crippen molar-refractivity contribution >= 4 is 35.1 Å². The third-order valence-electron chi connectivity index (χ3n) is 5.74. The lowest BCUT2D eigenvalue weighted by Gasteiger charge is -2.29. The van der Waals surface area contributed by atoms with E-state index in [0.29, 0.717) is 38.0 Å². The van der Waals surface area contributed by atoms with Crippen molar-refractivity contribution in [2.24, 2.45) is 0 Å². The van der Waals surface area contributed by atoms with Crippen LogP contribution < -0.4 is 5.32 Å². The molecule has 1 aliphatic heterocycles. The summed E-state index contributed by atoms with van der Waals surface area (Å²) in [5.41, 5.74) is 3.25. The number of benzene rings is 3. The lowest BCUT2D eigenvalue weighted by atomic mass is 9.82. The molecule has 1 aliphatic rings. The molecule has 0 spiro atoms. The van der Waals surface area contributed by atoms with Crippen molar-refractivity contribution in [3.05, 3.63) is 129 Å². The molecular weight excluding hydrogens is 492 g/mol. The molecule has 0 amide bonds. The predicted octanol–water partition coefficient (Wildman–Crippen LogP) is 6.40. The molecule has 1 N–H and O–H groups in total. The van der Waals surface area contributed by atoms with Gasteiger partial charge in [-0.1, -0.05) is 102 Å². The fourth-order valence-electron chi connectivity index (χ4n) is 3.96. The lowest BCUT2D eigenvalue weighted by molar-refractivity contribution is -0.140. The fourth-order valence-corrected chi connectivity index (χ4v) is 5.19. The monoisotopic (exact) mass is 514 g/mol. The summed E-state index contributed by atoms with van der Waals surface area (Å²) in [6.45, 7) is 1.86. The highest BCUT2D eigenvalue weighted by Crippen LogP contribution is 2.43. The summed E-state index contributed by atoms with van der Waals surface area (Å²) in [7, 11) is 0. The van der Waals surface area contributed by atoms with E-state index in [0.717, 1.165) is 5.56 Å². The van der Waals surface area contributed by atoms with Gasteiger partial charge in [0, 0.05) is 16.3 Å². The molecule has 36 heavy (non-hydrogen) atoms. The van der Waals surface area contributed by atoms with Gasteiger partial charge in [-0.15, -0.1) is 0 Å². The molecule has 0 fully saturated rings. The quantitative estimate of drug-likeness (QED) is 0.277. The van der Waals surface area contributed by atoms with Gasteiger partial charge in [0.2, 0.25) is 0 Å². The number of allylic oxidation sites excluding steroid dienone is 2. The average molecular weight is 515 g/mol. The summed E-state index contributed by atoms with van der Waals surface area (Å²) in [6, 6.07) is 27.8. The van der Waals surface area contributed by atoms with E-state index in [9.17, 15) is 14.9 Å². The fraction of sp³-hybridized carbons (Fsp3) is 0.138. The summed E-state index contributed by atoms with van der Waals surface area (Å²) in [5, 5.41) is 14.3. The first-order valence-corrected chi connectivity index (χ1v) is 12.6. The number of nitrogens with zero attached hydrogens (tertiary/aromatic N) is 1. The molecule has 3 aromatic rings. The van der Waals surface area contributed by atoms with E-state index in [1.165, 1.54) is 11.8 Å². The zero-order chi connectivity index (χ0) is 25.5. The number of rotatable bonds is 8. The second-order valence-electron chi connectivity index (χ2n) is 8.11. The van der Waals surface area contributed by atoms with Crippen LogP contribution in [0.15, 0.2) is 107 Å². The average Bonchev–Trinajstić information content (AvgIpc) is 2.91. The Morgan fingerprint density at radius 2 is 1.64 bits per heavy atom. The molecule has 1 heterocycles. The number of halogens is 1. The van der Waals surface area contributed by atoms with Gasteiger partial charge < -0.3 is 10.1 Å². The number of hydrogen-bond acceptors (Lipinski definition) is 6. The first-order chi connectivity index (χ1) is 17.5. The highest BCUT2D eigenvalue weighted by molar-refractivity contribution is 8.03. The Bertz CT molecular complexity index is 1380. The highest BCUT2D eigenvalue weighted by Gasteiger charge is 2.36. The molecule has 3 aromatic carbocycles. The van der Waals surface area contributed by atoms with E-state index >= 15 is 0 Å². The Kier molecular flexibility index (Phi) is 8.27. The van der Waals surface area contributed by atoms with Crippen molar-refractivity contribution in [3.63, 3.8) is 0 Å². The molecule has 5 nitrogen and oxygen atoms in total. The summed E-state index contributed by atoms with van der Waals surface area (Å²) in [6.07, 6.45) is 0. The van der Waals surface area contributed by atoms with E-state index in [4.69, 9.17) is 16.3 Å². The minimum atomic E-state index is -0.734. The van der Waals surface area contributed by atoms with Crippen LogP contribution in [0.2, 0.25) is 5.02 Å². The van der Waals surface area contributed by atoms with Gasteiger partial charge >= 0.3 is 5.97 Å². The van der Waals surface area contributed by atoms with Crippen molar-refractivity contribution in [1.82, 2.24) is 5.32 Å². The minimum absolute atomic E-state index is 0.0591. The molecule has 4 rings (SSSR count). The summed E-state index contributed by atoms with van der Waals surface area (Å²) in [5.74, 6) is -1.20. The van der Waals surface area contributed by atoms with Gasteiger partial charge in [0.1, 0.15) is 6.61 Å². The Morgan fingerprint density at radius 1 is 1.00 bits per heavy atom. The Morgan fingerprint density at radius 3 is 2.31 bits per heavy atom. The maximum absolute atomic E-state index is 13.3. The maximum Gasteiger partial charge on any atom is 0.337 e. The minimum Gasteiger partial charge on any atom is -0.457 e. The molecule has 0 aliphatic carbocycles. The topological polar surface area (TPSA) is 79.2 Å². The van der Waals surface area contributed by atoms with Crippen molar-refractivity contribution in [2.75, 3.05) is 5.75 Å².